The summed E-state index contributed by atoms with van der Waals surface area (Å²) in [7, 11) is 1.53. The van der Waals surface area contributed by atoms with Crippen LogP contribution in [0.2, 0.25) is 0 Å². The molecule has 3 amide bonds. The van der Waals surface area contributed by atoms with Crippen LogP contribution in [0.25, 0.3) is 0 Å². The summed E-state index contributed by atoms with van der Waals surface area (Å²) in [5, 5.41) is 11.3. The summed E-state index contributed by atoms with van der Waals surface area (Å²) < 4.78 is 5.33. The van der Waals surface area contributed by atoms with E-state index in [0.29, 0.717) is 48.0 Å². The Balaban J connectivity index is 1.04. The van der Waals surface area contributed by atoms with Crippen molar-refractivity contribution in [1.29, 1.82) is 0 Å². The molecule has 0 spiro atoms. The normalized spacial score (nSPS) is 40.6. The van der Waals surface area contributed by atoms with Crippen LogP contribution in [0.15, 0.2) is 0 Å². The second kappa shape index (κ2) is 12.7. The molecule has 230 valence electrons. The second-order valence-electron chi connectivity index (χ2n) is 13.7. The monoisotopic (exact) mass is 590 g/mol. The number of methoxy groups -OCH3 is 1. The maximum Gasteiger partial charge on any atom is 0.312 e. The fourth-order valence-corrected chi connectivity index (χ4v) is 10.2. The Bertz CT molecular complexity index is 975. The number of rotatable bonds is 6. The lowest BCUT2D eigenvalue weighted by molar-refractivity contribution is -0.151. The molecule has 9 atom stereocenters. The number of piperidine rings is 3. The number of hydrogen-bond donors (Lipinski definition) is 4. The van der Waals surface area contributed by atoms with Gasteiger partial charge in [-0.1, -0.05) is 6.92 Å². The van der Waals surface area contributed by atoms with Crippen molar-refractivity contribution < 1.29 is 19.1 Å². The first kappa shape index (κ1) is 29.7. The Morgan fingerprint density at radius 2 is 1.76 bits per heavy atom. The topological polar surface area (TPSA) is 129 Å². The molecule has 11 heteroatoms. The summed E-state index contributed by atoms with van der Waals surface area (Å²) in [4.78, 5) is 43.4. The lowest BCUT2D eigenvalue weighted by Gasteiger charge is -2.45. The van der Waals surface area contributed by atoms with Crippen LogP contribution < -0.4 is 21.7 Å². The standard InChI is InChI=1S/C30H50N6O4S/c1-17-3-7-24(36(16-17)30(39)27(38)33-20-14-22(26(31)37)28(40-2)32-15-20)19-4-8-25-23(13-19)34-29(41-25)18-9-11-35(12-10-18)21-5-6-21/h17-25,28-29,32,34H,3-16H2,1-2H3,(H2,31,37)(H,33,38)/t17-,19?,20?,22?,23?,24+,25?,28?,29?/m0/s1. The van der Waals surface area contributed by atoms with E-state index in [4.69, 9.17) is 10.5 Å². The summed E-state index contributed by atoms with van der Waals surface area (Å²) in [5.41, 5.74) is 5.57. The fourth-order valence-electron chi connectivity index (χ4n) is 8.39. The molecule has 2 aliphatic carbocycles. The van der Waals surface area contributed by atoms with Gasteiger partial charge in [-0.2, -0.15) is 0 Å². The molecule has 4 heterocycles. The Morgan fingerprint density at radius 3 is 2.46 bits per heavy atom. The zero-order valence-electron chi connectivity index (χ0n) is 24.8. The summed E-state index contributed by atoms with van der Waals surface area (Å²) in [5.74, 6) is -0.471. The lowest BCUT2D eigenvalue weighted by atomic mass is 9.76. The van der Waals surface area contributed by atoms with Gasteiger partial charge in [0.25, 0.3) is 0 Å². The third kappa shape index (κ3) is 6.59. The van der Waals surface area contributed by atoms with Crippen molar-refractivity contribution in [2.75, 3.05) is 33.3 Å². The van der Waals surface area contributed by atoms with Crippen LogP contribution in [0.3, 0.4) is 0 Å². The molecule has 5 N–H and O–H groups in total. The van der Waals surface area contributed by atoms with E-state index in [1.165, 1.54) is 52.3 Å². The maximum atomic E-state index is 13.6. The number of nitrogens with two attached hydrogens (primary N) is 1. The van der Waals surface area contributed by atoms with E-state index in [1.54, 1.807) is 0 Å². The number of thioether (sulfide) groups is 1. The molecular weight excluding hydrogens is 540 g/mol. The van der Waals surface area contributed by atoms with Crippen molar-refractivity contribution in [2.45, 2.75) is 112 Å². The number of carbonyl (C=O) groups excluding carboxylic acids is 3. The number of nitrogens with zero attached hydrogens (tertiary/aromatic N) is 2. The van der Waals surface area contributed by atoms with Crippen molar-refractivity contribution in [3.05, 3.63) is 0 Å². The zero-order chi connectivity index (χ0) is 28.7. The van der Waals surface area contributed by atoms with Gasteiger partial charge in [0.05, 0.1) is 11.3 Å². The van der Waals surface area contributed by atoms with E-state index < -0.39 is 29.9 Å². The molecule has 10 nitrogen and oxygen atoms in total. The summed E-state index contributed by atoms with van der Waals surface area (Å²) in [6, 6.07) is 1.14. The predicted octanol–water partition coefficient (Wildman–Crippen LogP) is 1.24. The highest BCUT2D eigenvalue weighted by atomic mass is 32.2. The molecule has 0 aromatic carbocycles. The quantitative estimate of drug-likeness (QED) is 0.340. The molecule has 4 aliphatic heterocycles. The third-order valence-electron chi connectivity index (χ3n) is 10.9. The molecule has 41 heavy (non-hydrogen) atoms. The number of ether oxygens (including phenoxy) is 1. The van der Waals surface area contributed by atoms with Crippen molar-refractivity contribution in [3.8, 4) is 0 Å². The van der Waals surface area contributed by atoms with Crippen molar-refractivity contribution >= 4 is 29.5 Å². The lowest BCUT2D eigenvalue weighted by Crippen LogP contribution is -2.60. The molecule has 4 saturated heterocycles. The van der Waals surface area contributed by atoms with E-state index in [9.17, 15) is 14.4 Å². The number of carbonyl (C=O) groups is 3. The molecule has 2 saturated carbocycles. The second-order valence-corrected chi connectivity index (χ2v) is 15.1. The SMILES string of the molecule is COC1NCC(NC(=O)C(=O)N2C[C@@H](C)CC[C@@H]2C2CCC3SC(C4CCN(C5CC5)CC4)NC3C2)CC1C(N)=O. The molecule has 0 bridgehead atoms. The fraction of sp³-hybridized carbons (Fsp3) is 0.900. The Hall–Kier alpha value is -1.40. The highest BCUT2D eigenvalue weighted by Gasteiger charge is 2.47. The molecule has 7 unspecified atom stereocenters. The number of hydrogen-bond acceptors (Lipinski definition) is 8. The minimum Gasteiger partial charge on any atom is -0.369 e. The van der Waals surface area contributed by atoms with Gasteiger partial charge >= 0.3 is 11.8 Å². The van der Waals surface area contributed by atoms with Crippen molar-refractivity contribution in [1.82, 2.24) is 25.8 Å². The summed E-state index contributed by atoms with van der Waals surface area (Å²) in [6.07, 6.45) is 10.8. The Morgan fingerprint density at radius 1 is 0.976 bits per heavy atom. The molecule has 6 aliphatic rings. The van der Waals surface area contributed by atoms with Gasteiger partial charge in [-0.3, -0.25) is 19.7 Å². The largest absolute Gasteiger partial charge is 0.369 e. The number of fused-ring (bicyclic) bond motifs is 1. The van der Waals surface area contributed by atoms with E-state index in [1.807, 2.05) is 4.90 Å². The predicted molar refractivity (Wildman–Crippen MR) is 159 cm³/mol. The highest BCUT2D eigenvalue weighted by Crippen LogP contribution is 2.46. The zero-order valence-corrected chi connectivity index (χ0v) is 25.6. The van der Waals surface area contributed by atoms with E-state index >= 15 is 0 Å². The first-order valence-electron chi connectivity index (χ1n) is 16.1. The maximum absolute atomic E-state index is 13.6. The first-order valence-corrected chi connectivity index (χ1v) is 17.1. The molecule has 0 radical (unpaired) electrons. The van der Waals surface area contributed by atoms with Gasteiger partial charge in [0, 0.05) is 49.6 Å². The van der Waals surface area contributed by atoms with Crippen LogP contribution in [-0.2, 0) is 19.1 Å². The van der Waals surface area contributed by atoms with E-state index in [2.05, 4.69) is 39.5 Å². The minimum absolute atomic E-state index is 0.110. The van der Waals surface area contributed by atoms with Crippen molar-refractivity contribution in [3.63, 3.8) is 0 Å². The molecule has 6 rings (SSSR count). The average molecular weight is 591 g/mol. The Labute approximate surface area is 249 Å². The van der Waals surface area contributed by atoms with Gasteiger partial charge in [-0.05, 0) is 95.1 Å². The summed E-state index contributed by atoms with van der Waals surface area (Å²) in [6.45, 7) is 5.76. The van der Waals surface area contributed by atoms with Crippen LogP contribution in [0.5, 0.6) is 0 Å². The number of nitrogens with one attached hydrogen (secondary N) is 3. The smallest absolute Gasteiger partial charge is 0.312 e. The average Bonchev–Trinajstić information content (AvgIpc) is 3.75. The van der Waals surface area contributed by atoms with Crippen LogP contribution in [-0.4, -0.2) is 102 Å². The van der Waals surface area contributed by atoms with Crippen LogP contribution in [0.4, 0.5) is 0 Å². The molecular formula is C30H50N6O4S. The van der Waals surface area contributed by atoms with Gasteiger partial charge in [0.2, 0.25) is 5.91 Å². The van der Waals surface area contributed by atoms with Gasteiger partial charge in [0.1, 0.15) is 6.23 Å². The molecule has 0 aromatic rings. The van der Waals surface area contributed by atoms with Gasteiger partial charge in [-0.15, -0.1) is 11.8 Å². The molecule has 0 aromatic heterocycles. The number of amides is 3. The summed E-state index contributed by atoms with van der Waals surface area (Å²) >= 11 is 2.19. The van der Waals surface area contributed by atoms with E-state index in [0.717, 1.165) is 37.6 Å². The van der Waals surface area contributed by atoms with Crippen molar-refractivity contribution in [2.24, 2.45) is 29.4 Å². The van der Waals surface area contributed by atoms with Crippen LogP contribution in [0, 0.1) is 23.7 Å². The Kier molecular flexibility index (Phi) is 9.17. The van der Waals surface area contributed by atoms with Crippen LogP contribution in [0.1, 0.15) is 71.1 Å². The minimum atomic E-state index is -0.573. The number of primary amides is 1. The molecule has 6 fully saturated rings. The number of likely N-dealkylation sites (tertiary alicyclic amines) is 2. The van der Waals surface area contributed by atoms with Gasteiger partial charge in [-0.25, -0.2) is 0 Å². The van der Waals surface area contributed by atoms with Gasteiger partial charge < -0.3 is 30.9 Å². The highest BCUT2D eigenvalue weighted by molar-refractivity contribution is 8.00. The first-order chi connectivity index (χ1) is 19.8. The van der Waals surface area contributed by atoms with E-state index in [-0.39, 0.29) is 12.1 Å². The van der Waals surface area contributed by atoms with Gasteiger partial charge in [0.15, 0.2) is 0 Å². The third-order valence-corrected chi connectivity index (χ3v) is 12.6. The van der Waals surface area contributed by atoms with Crippen LogP contribution >= 0.6 is 11.8 Å².